The highest BCUT2D eigenvalue weighted by molar-refractivity contribution is 5.75. The highest BCUT2D eigenvalue weighted by Gasteiger charge is 2.03. The molecule has 110 valence electrons. The summed E-state index contributed by atoms with van der Waals surface area (Å²) < 4.78 is 9.80. The van der Waals surface area contributed by atoms with Crippen LogP contribution in [-0.4, -0.2) is 32.3 Å². The molecule has 6 heteroatoms. The van der Waals surface area contributed by atoms with E-state index in [0.29, 0.717) is 13.2 Å². The molecular weight excluding hydrogens is 260 g/mol. The third kappa shape index (κ3) is 6.08. The molecule has 0 aliphatic carbocycles. The van der Waals surface area contributed by atoms with E-state index in [1.165, 1.54) is 7.11 Å². The molecule has 1 aromatic carbocycles. The van der Waals surface area contributed by atoms with Gasteiger partial charge >= 0.3 is 12.0 Å². The van der Waals surface area contributed by atoms with Crippen LogP contribution in [0.3, 0.4) is 0 Å². The maximum atomic E-state index is 11.5. The Morgan fingerprint density at radius 3 is 2.45 bits per heavy atom. The number of nitrogens with one attached hydrogen (secondary N) is 2. The van der Waals surface area contributed by atoms with E-state index in [9.17, 15) is 9.59 Å². The van der Waals surface area contributed by atoms with Crippen LogP contribution < -0.4 is 15.4 Å². The smallest absolute Gasteiger partial charge is 0.315 e. The van der Waals surface area contributed by atoms with Gasteiger partial charge in [0.25, 0.3) is 0 Å². The second-order valence-electron chi connectivity index (χ2n) is 4.01. The lowest BCUT2D eigenvalue weighted by molar-refractivity contribution is -0.140. The number of benzene rings is 1. The maximum absolute atomic E-state index is 11.5. The number of hydrogen-bond donors (Lipinski definition) is 2. The van der Waals surface area contributed by atoms with Crippen LogP contribution in [0.5, 0.6) is 5.75 Å². The summed E-state index contributed by atoms with van der Waals surface area (Å²) in [5.41, 5.74) is 0.969. The summed E-state index contributed by atoms with van der Waals surface area (Å²) in [6.45, 7) is 3.21. The number of carbonyl (C=O) groups excluding carboxylic acids is 2. The minimum atomic E-state index is -0.350. The van der Waals surface area contributed by atoms with Crippen LogP contribution >= 0.6 is 0 Å². The van der Waals surface area contributed by atoms with Gasteiger partial charge in [0.2, 0.25) is 0 Å². The van der Waals surface area contributed by atoms with Crippen LogP contribution in [0.25, 0.3) is 0 Å². The van der Waals surface area contributed by atoms with E-state index >= 15 is 0 Å². The third-order valence-electron chi connectivity index (χ3n) is 2.53. The summed E-state index contributed by atoms with van der Waals surface area (Å²) in [7, 11) is 1.31. The molecule has 0 bridgehead atoms. The monoisotopic (exact) mass is 280 g/mol. The van der Waals surface area contributed by atoms with Crippen LogP contribution in [0, 0.1) is 0 Å². The lowest BCUT2D eigenvalue weighted by Crippen LogP contribution is -2.36. The van der Waals surface area contributed by atoms with Crippen molar-refractivity contribution < 1.29 is 19.1 Å². The molecule has 0 aliphatic rings. The van der Waals surface area contributed by atoms with Gasteiger partial charge in [-0.05, 0) is 24.6 Å². The number of rotatable bonds is 7. The van der Waals surface area contributed by atoms with E-state index in [1.54, 1.807) is 0 Å². The van der Waals surface area contributed by atoms with Gasteiger partial charge in [0, 0.05) is 13.1 Å². The highest BCUT2D eigenvalue weighted by atomic mass is 16.5. The number of esters is 1. The molecular formula is C14H20N2O4. The molecule has 20 heavy (non-hydrogen) atoms. The molecule has 0 radical (unpaired) electrons. The topological polar surface area (TPSA) is 76.7 Å². The van der Waals surface area contributed by atoms with Gasteiger partial charge in [0.1, 0.15) is 5.75 Å². The molecule has 0 fully saturated rings. The van der Waals surface area contributed by atoms with E-state index in [0.717, 1.165) is 11.3 Å². The predicted octanol–water partition coefficient (Wildman–Crippen LogP) is 1.45. The number of hydrogen-bond acceptors (Lipinski definition) is 4. The quantitative estimate of drug-likeness (QED) is 0.741. The second kappa shape index (κ2) is 8.79. The van der Waals surface area contributed by atoms with Gasteiger partial charge in [-0.1, -0.05) is 12.1 Å². The average Bonchev–Trinajstić information content (AvgIpc) is 2.46. The van der Waals surface area contributed by atoms with Gasteiger partial charge in [-0.25, -0.2) is 4.79 Å². The SMILES string of the molecule is CCOc1ccc(CNC(=O)NCCC(=O)OC)cc1. The average molecular weight is 280 g/mol. The predicted molar refractivity (Wildman–Crippen MR) is 74.5 cm³/mol. The van der Waals surface area contributed by atoms with E-state index < -0.39 is 0 Å². The van der Waals surface area contributed by atoms with Gasteiger partial charge in [0.15, 0.2) is 0 Å². The number of carbonyl (C=O) groups is 2. The maximum Gasteiger partial charge on any atom is 0.315 e. The van der Waals surface area contributed by atoms with Crippen LogP contribution in [0.1, 0.15) is 18.9 Å². The summed E-state index contributed by atoms with van der Waals surface area (Å²) >= 11 is 0. The fourth-order valence-electron chi connectivity index (χ4n) is 1.50. The van der Waals surface area contributed by atoms with Crippen molar-refractivity contribution >= 4 is 12.0 Å². The summed E-state index contributed by atoms with van der Waals surface area (Å²) in [4.78, 5) is 22.3. The van der Waals surface area contributed by atoms with Gasteiger partial charge in [-0.2, -0.15) is 0 Å². The molecule has 0 spiro atoms. The Bertz CT molecular complexity index is 431. The fraction of sp³-hybridized carbons (Fsp3) is 0.429. The fourth-order valence-corrected chi connectivity index (χ4v) is 1.50. The van der Waals surface area contributed by atoms with E-state index in [2.05, 4.69) is 15.4 Å². The van der Waals surface area contributed by atoms with Gasteiger partial charge in [-0.3, -0.25) is 4.79 Å². The minimum Gasteiger partial charge on any atom is -0.494 e. The normalized spacial score (nSPS) is 9.70. The zero-order valence-corrected chi connectivity index (χ0v) is 11.8. The molecule has 1 rings (SSSR count). The summed E-state index contributed by atoms with van der Waals surface area (Å²) in [5, 5.41) is 5.27. The van der Waals surface area contributed by atoms with Crippen molar-refractivity contribution in [3.05, 3.63) is 29.8 Å². The molecule has 2 amide bonds. The Morgan fingerprint density at radius 2 is 1.85 bits per heavy atom. The standard InChI is InChI=1S/C14H20N2O4/c1-3-20-12-6-4-11(5-7-12)10-16-14(18)15-9-8-13(17)19-2/h4-7H,3,8-10H2,1-2H3,(H2,15,16,18). The second-order valence-corrected chi connectivity index (χ2v) is 4.01. The summed E-state index contributed by atoms with van der Waals surface area (Å²) in [6, 6.07) is 7.17. The Hall–Kier alpha value is -2.24. The van der Waals surface area contributed by atoms with Crippen LogP contribution in [0.4, 0.5) is 4.79 Å². The number of ether oxygens (including phenoxy) is 2. The first-order valence-electron chi connectivity index (χ1n) is 6.46. The molecule has 0 atom stereocenters. The first-order valence-corrected chi connectivity index (χ1v) is 6.46. The minimum absolute atomic E-state index is 0.160. The molecule has 0 aliphatic heterocycles. The van der Waals surface area contributed by atoms with Gasteiger partial charge in [0.05, 0.1) is 20.1 Å². The van der Waals surface area contributed by atoms with Crippen molar-refractivity contribution in [3.8, 4) is 5.75 Å². The first kappa shape index (κ1) is 15.8. The zero-order valence-electron chi connectivity index (χ0n) is 11.8. The van der Waals surface area contributed by atoms with Crippen LogP contribution in [-0.2, 0) is 16.1 Å². The Balaban J connectivity index is 2.24. The van der Waals surface area contributed by atoms with E-state index in [1.807, 2.05) is 31.2 Å². The number of amides is 2. The number of urea groups is 1. The van der Waals surface area contributed by atoms with Crippen molar-refractivity contribution in [1.29, 1.82) is 0 Å². The summed E-state index contributed by atoms with van der Waals surface area (Å²) in [6.07, 6.45) is 0.160. The summed E-state index contributed by atoms with van der Waals surface area (Å²) in [5.74, 6) is 0.454. The van der Waals surface area contributed by atoms with Crippen molar-refractivity contribution in [2.75, 3.05) is 20.3 Å². The van der Waals surface area contributed by atoms with Crippen molar-refractivity contribution in [3.63, 3.8) is 0 Å². The highest BCUT2D eigenvalue weighted by Crippen LogP contribution is 2.11. The molecule has 0 saturated heterocycles. The van der Waals surface area contributed by atoms with Crippen molar-refractivity contribution in [1.82, 2.24) is 10.6 Å². The Labute approximate surface area is 118 Å². The molecule has 0 saturated carbocycles. The van der Waals surface area contributed by atoms with E-state index in [-0.39, 0.29) is 25.0 Å². The van der Waals surface area contributed by atoms with Crippen LogP contribution in [0.2, 0.25) is 0 Å². The molecule has 0 aromatic heterocycles. The Morgan fingerprint density at radius 1 is 1.15 bits per heavy atom. The van der Waals surface area contributed by atoms with E-state index in [4.69, 9.17) is 4.74 Å². The largest absolute Gasteiger partial charge is 0.494 e. The first-order chi connectivity index (χ1) is 9.65. The number of methoxy groups -OCH3 is 1. The van der Waals surface area contributed by atoms with Crippen LogP contribution in [0.15, 0.2) is 24.3 Å². The van der Waals surface area contributed by atoms with Gasteiger partial charge in [-0.15, -0.1) is 0 Å². The van der Waals surface area contributed by atoms with Crippen molar-refractivity contribution in [2.45, 2.75) is 19.9 Å². The molecule has 1 aromatic rings. The lowest BCUT2D eigenvalue weighted by Gasteiger charge is -2.08. The molecule has 0 heterocycles. The third-order valence-corrected chi connectivity index (χ3v) is 2.53. The molecule has 2 N–H and O–H groups in total. The molecule has 0 unspecified atom stereocenters. The molecule has 6 nitrogen and oxygen atoms in total. The van der Waals surface area contributed by atoms with Gasteiger partial charge < -0.3 is 20.1 Å². The zero-order chi connectivity index (χ0) is 14.8. The Kier molecular flexibility index (Phi) is 6.95. The van der Waals surface area contributed by atoms with Crippen molar-refractivity contribution in [2.24, 2.45) is 0 Å². The lowest BCUT2D eigenvalue weighted by atomic mass is 10.2.